The Balaban J connectivity index is 1.91. The molecule has 2 aliphatic rings. The van der Waals surface area contributed by atoms with E-state index in [9.17, 15) is 0 Å². The predicted octanol–water partition coefficient (Wildman–Crippen LogP) is 1.51. The first-order valence-electron chi connectivity index (χ1n) is 6.48. The highest BCUT2D eigenvalue weighted by atomic mass is 15.3. The van der Waals surface area contributed by atoms with E-state index in [0.29, 0.717) is 11.7 Å². The molecule has 0 unspecified atom stereocenters. The molecule has 0 radical (unpaired) electrons. The molecule has 4 heteroatoms. The van der Waals surface area contributed by atoms with Crippen molar-refractivity contribution < 1.29 is 0 Å². The van der Waals surface area contributed by atoms with E-state index in [1.165, 1.54) is 17.7 Å². The van der Waals surface area contributed by atoms with Gasteiger partial charge in [0, 0.05) is 11.3 Å². The van der Waals surface area contributed by atoms with Crippen molar-refractivity contribution in [3.05, 3.63) is 17.0 Å². The number of hydrogen-bond acceptors (Lipinski definition) is 3. The summed E-state index contributed by atoms with van der Waals surface area (Å²) >= 11 is 0. The minimum Gasteiger partial charge on any atom is -0.306 e. The van der Waals surface area contributed by atoms with Gasteiger partial charge in [0.05, 0.1) is 6.04 Å². The number of nitrogens with zero attached hydrogens (tertiary/aromatic N) is 4. The van der Waals surface area contributed by atoms with Crippen LogP contribution >= 0.6 is 0 Å². The lowest BCUT2D eigenvalue weighted by molar-refractivity contribution is 0.210. The summed E-state index contributed by atoms with van der Waals surface area (Å²) in [5.74, 6) is 0. The number of rotatable bonds is 1. The minimum absolute atomic E-state index is 0.514. The summed E-state index contributed by atoms with van der Waals surface area (Å²) in [6.45, 7) is 2.28. The van der Waals surface area contributed by atoms with E-state index in [2.05, 4.69) is 27.8 Å². The van der Waals surface area contributed by atoms with Gasteiger partial charge < -0.3 is 4.90 Å². The fourth-order valence-electron chi connectivity index (χ4n) is 3.10. The summed E-state index contributed by atoms with van der Waals surface area (Å²) in [4.78, 5) is 2.37. The van der Waals surface area contributed by atoms with E-state index in [4.69, 9.17) is 5.26 Å². The van der Waals surface area contributed by atoms with Crippen LogP contribution in [0.3, 0.4) is 0 Å². The van der Waals surface area contributed by atoms with Crippen LogP contribution in [0.25, 0.3) is 0 Å². The van der Waals surface area contributed by atoms with E-state index in [0.717, 1.165) is 38.8 Å². The highest BCUT2D eigenvalue weighted by molar-refractivity contribution is 5.38. The number of aromatic nitrogens is 2. The number of piperidine rings is 1. The van der Waals surface area contributed by atoms with Crippen molar-refractivity contribution in [1.82, 2.24) is 14.7 Å². The van der Waals surface area contributed by atoms with Crippen LogP contribution in [0.15, 0.2) is 0 Å². The average Bonchev–Trinajstić information content (AvgIpc) is 2.91. The number of nitriles is 1. The maximum atomic E-state index is 9.12. The smallest absolute Gasteiger partial charge is 0.165 e. The predicted molar refractivity (Wildman–Crippen MR) is 64.7 cm³/mol. The second-order valence-corrected chi connectivity index (χ2v) is 5.22. The summed E-state index contributed by atoms with van der Waals surface area (Å²) in [6.07, 6.45) is 5.67. The molecular weight excluding hydrogens is 212 g/mol. The van der Waals surface area contributed by atoms with Crippen LogP contribution in [-0.2, 0) is 12.8 Å². The van der Waals surface area contributed by atoms with Crippen molar-refractivity contribution in [2.24, 2.45) is 0 Å². The van der Waals surface area contributed by atoms with Gasteiger partial charge >= 0.3 is 0 Å². The fourth-order valence-corrected chi connectivity index (χ4v) is 3.10. The molecule has 17 heavy (non-hydrogen) atoms. The number of likely N-dealkylation sites (tertiary alicyclic amines) is 1. The van der Waals surface area contributed by atoms with E-state index in [1.54, 1.807) is 0 Å². The minimum atomic E-state index is 0.514. The summed E-state index contributed by atoms with van der Waals surface area (Å²) in [5, 5.41) is 13.7. The van der Waals surface area contributed by atoms with Crippen molar-refractivity contribution in [3.63, 3.8) is 0 Å². The second kappa shape index (κ2) is 4.15. The zero-order valence-electron chi connectivity index (χ0n) is 10.3. The molecule has 0 saturated carbocycles. The van der Waals surface area contributed by atoms with Gasteiger partial charge in [-0.05, 0) is 52.2 Å². The average molecular weight is 230 g/mol. The van der Waals surface area contributed by atoms with E-state index in [-0.39, 0.29) is 0 Å². The van der Waals surface area contributed by atoms with Crippen molar-refractivity contribution in [2.75, 3.05) is 20.1 Å². The Kier molecular flexibility index (Phi) is 2.64. The Morgan fingerprint density at radius 3 is 2.76 bits per heavy atom. The fraction of sp³-hybridized carbons (Fsp3) is 0.692. The van der Waals surface area contributed by atoms with Gasteiger partial charge in [-0.3, -0.25) is 4.68 Å². The summed E-state index contributed by atoms with van der Waals surface area (Å²) < 4.78 is 2.17. The third-order valence-corrected chi connectivity index (χ3v) is 4.10. The van der Waals surface area contributed by atoms with Crippen molar-refractivity contribution in [3.8, 4) is 6.07 Å². The lowest BCUT2D eigenvalue weighted by atomic mass is 10.1. The van der Waals surface area contributed by atoms with E-state index in [1.807, 2.05) is 0 Å². The van der Waals surface area contributed by atoms with Crippen molar-refractivity contribution in [2.45, 2.75) is 38.1 Å². The summed E-state index contributed by atoms with van der Waals surface area (Å²) in [6, 6.07) is 2.77. The molecule has 1 aliphatic carbocycles. The van der Waals surface area contributed by atoms with Crippen LogP contribution in [0.2, 0.25) is 0 Å². The molecule has 0 spiro atoms. The first kappa shape index (κ1) is 10.8. The zero-order chi connectivity index (χ0) is 11.8. The van der Waals surface area contributed by atoms with Crippen LogP contribution in [0.4, 0.5) is 0 Å². The molecule has 1 aromatic heterocycles. The number of fused-ring (bicyclic) bond motifs is 1. The molecule has 0 bridgehead atoms. The molecule has 0 N–H and O–H groups in total. The lowest BCUT2D eigenvalue weighted by Crippen LogP contribution is -2.32. The summed E-state index contributed by atoms with van der Waals surface area (Å²) in [5.41, 5.74) is 3.25. The third kappa shape index (κ3) is 1.75. The van der Waals surface area contributed by atoms with Crippen LogP contribution in [0, 0.1) is 11.3 Å². The zero-order valence-corrected chi connectivity index (χ0v) is 10.3. The van der Waals surface area contributed by atoms with Gasteiger partial charge in [-0.25, -0.2) is 0 Å². The molecular formula is C13H18N4. The Labute approximate surface area is 102 Å². The Bertz CT molecular complexity index is 460. The van der Waals surface area contributed by atoms with Gasteiger partial charge in [0.2, 0.25) is 0 Å². The lowest BCUT2D eigenvalue weighted by Gasteiger charge is -2.29. The Morgan fingerprint density at radius 2 is 2.06 bits per heavy atom. The van der Waals surface area contributed by atoms with Crippen LogP contribution in [0.1, 0.15) is 42.3 Å². The van der Waals surface area contributed by atoms with Crippen molar-refractivity contribution >= 4 is 0 Å². The Hall–Kier alpha value is -1.34. The first-order valence-corrected chi connectivity index (χ1v) is 6.48. The molecule has 3 rings (SSSR count). The molecule has 90 valence electrons. The molecule has 1 aliphatic heterocycles. The van der Waals surface area contributed by atoms with Gasteiger partial charge in [0.1, 0.15) is 6.07 Å². The highest BCUT2D eigenvalue weighted by Crippen LogP contribution is 2.30. The van der Waals surface area contributed by atoms with Crippen molar-refractivity contribution in [1.29, 1.82) is 5.26 Å². The molecule has 0 amide bonds. The van der Waals surface area contributed by atoms with Crippen LogP contribution < -0.4 is 0 Å². The largest absolute Gasteiger partial charge is 0.306 e. The molecule has 1 aromatic rings. The third-order valence-electron chi connectivity index (χ3n) is 4.10. The van der Waals surface area contributed by atoms with Gasteiger partial charge in [-0.2, -0.15) is 10.4 Å². The summed E-state index contributed by atoms with van der Waals surface area (Å²) in [7, 11) is 2.17. The van der Waals surface area contributed by atoms with E-state index < -0.39 is 0 Å². The quantitative estimate of drug-likeness (QED) is 0.734. The molecule has 1 fully saturated rings. The standard InChI is InChI=1S/C13H18N4/c1-16-7-5-10(6-8-16)17-13-4-2-3-11(13)12(9-14)15-17/h10H,2-8H2,1H3. The van der Waals surface area contributed by atoms with Crippen LogP contribution in [-0.4, -0.2) is 34.8 Å². The first-order chi connectivity index (χ1) is 8.29. The van der Waals surface area contributed by atoms with Gasteiger partial charge in [0.25, 0.3) is 0 Å². The Morgan fingerprint density at radius 1 is 1.29 bits per heavy atom. The molecule has 0 aromatic carbocycles. The maximum Gasteiger partial charge on any atom is 0.165 e. The van der Waals surface area contributed by atoms with E-state index >= 15 is 0 Å². The van der Waals surface area contributed by atoms with Gasteiger partial charge in [0.15, 0.2) is 5.69 Å². The van der Waals surface area contributed by atoms with Crippen LogP contribution in [0.5, 0.6) is 0 Å². The molecule has 2 heterocycles. The van der Waals surface area contributed by atoms with Gasteiger partial charge in [-0.15, -0.1) is 0 Å². The molecule has 4 nitrogen and oxygen atoms in total. The SMILES string of the molecule is CN1CCC(n2nc(C#N)c3c2CCC3)CC1. The second-order valence-electron chi connectivity index (χ2n) is 5.22. The highest BCUT2D eigenvalue weighted by Gasteiger charge is 2.27. The maximum absolute atomic E-state index is 9.12. The monoisotopic (exact) mass is 230 g/mol. The van der Waals surface area contributed by atoms with Gasteiger partial charge in [-0.1, -0.05) is 0 Å². The topological polar surface area (TPSA) is 44.9 Å². The normalized spacial score (nSPS) is 21.4. The number of hydrogen-bond donors (Lipinski definition) is 0. The molecule has 1 saturated heterocycles. The molecule has 0 atom stereocenters.